The Morgan fingerprint density at radius 2 is 1.83 bits per heavy atom. The third kappa shape index (κ3) is 2.09. The summed E-state index contributed by atoms with van der Waals surface area (Å²) in [4.78, 5) is 4.80. The predicted molar refractivity (Wildman–Crippen MR) is 73.7 cm³/mol. The number of aromatic nitrogens is 2. The van der Waals surface area contributed by atoms with Crippen molar-refractivity contribution in [2.24, 2.45) is 5.73 Å². The number of imidazole rings is 1. The molecule has 2 unspecified atom stereocenters. The Bertz CT molecular complexity index is 422. The maximum atomic E-state index is 6.42. The molecule has 3 rings (SSSR count). The zero-order valence-corrected chi connectivity index (χ0v) is 11.5. The highest BCUT2D eigenvalue weighted by Crippen LogP contribution is 2.32. The molecular formula is C15H25N3. The highest BCUT2D eigenvalue weighted by atomic mass is 15.1. The Balaban J connectivity index is 1.96. The Labute approximate surface area is 110 Å². The lowest BCUT2D eigenvalue weighted by Crippen LogP contribution is -2.33. The van der Waals surface area contributed by atoms with Crippen molar-refractivity contribution in [2.75, 3.05) is 0 Å². The average Bonchev–Trinajstić information content (AvgIpc) is 2.55. The Morgan fingerprint density at radius 1 is 1.06 bits per heavy atom. The third-order valence-electron chi connectivity index (χ3n) is 4.71. The van der Waals surface area contributed by atoms with Gasteiger partial charge in [-0.3, -0.25) is 0 Å². The fourth-order valence-electron chi connectivity index (χ4n) is 3.78. The van der Waals surface area contributed by atoms with Crippen LogP contribution in [0.4, 0.5) is 0 Å². The van der Waals surface area contributed by atoms with Gasteiger partial charge < -0.3 is 10.3 Å². The lowest BCUT2D eigenvalue weighted by Gasteiger charge is -2.27. The average molecular weight is 247 g/mol. The molecule has 0 radical (unpaired) electrons. The van der Waals surface area contributed by atoms with Crippen LogP contribution in [0, 0.1) is 6.92 Å². The molecule has 1 aromatic rings. The molecule has 1 aromatic heterocycles. The van der Waals surface area contributed by atoms with E-state index in [4.69, 9.17) is 10.7 Å². The molecule has 2 aliphatic rings. The molecule has 18 heavy (non-hydrogen) atoms. The van der Waals surface area contributed by atoms with Crippen molar-refractivity contribution >= 4 is 0 Å². The molecule has 3 heteroatoms. The molecule has 0 aromatic carbocycles. The Morgan fingerprint density at radius 3 is 2.72 bits per heavy atom. The first-order chi connectivity index (χ1) is 8.77. The van der Waals surface area contributed by atoms with E-state index in [-0.39, 0.29) is 0 Å². The zero-order valence-electron chi connectivity index (χ0n) is 11.5. The summed E-state index contributed by atoms with van der Waals surface area (Å²) in [6, 6.07) is 0.827. The van der Waals surface area contributed by atoms with Crippen LogP contribution in [-0.2, 0) is 12.8 Å². The van der Waals surface area contributed by atoms with Gasteiger partial charge in [-0.25, -0.2) is 4.98 Å². The van der Waals surface area contributed by atoms with E-state index in [1.165, 1.54) is 75.0 Å². The van der Waals surface area contributed by atoms with E-state index in [1.807, 2.05) is 0 Å². The molecule has 0 aliphatic heterocycles. The summed E-state index contributed by atoms with van der Waals surface area (Å²) in [5.74, 6) is 1.20. The van der Waals surface area contributed by atoms with Crippen LogP contribution in [0.15, 0.2) is 0 Å². The molecule has 0 amide bonds. The first-order valence-electron chi connectivity index (χ1n) is 7.59. The SMILES string of the molecule is Cc1nc2c(n1C1CCCCCC1N)CCCC2. The van der Waals surface area contributed by atoms with Gasteiger partial charge in [0.1, 0.15) is 5.82 Å². The van der Waals surface area contributed by atoms with E-state index in [1.54, 1.807) is 0 Å². The monoisotopic (exact) mass is 247 g/mol. The van der Waals surface area contributed by atoms with Crippen LogP contribution >= 0.6 is 0 Å². The molecule has 1 saturated carbocycles. The lowest BCUT2D eigenvalue weighted by atomic mass is 9.98. The van der Waals surface area contributed by atoms with Crippen LogP contribution < -0.4 is 5.73 Å². The van der Waals surface area contributed by atoms with Crippen molar-refractivity contribution in [3.8, 4) is 0 Å². The molecule has 0 bridgehead atoms. The van der Waals surface area contributed by atoms with Crippen LogP contribution in [0.2, 0.25) is 0 Å². The van der Waals surface area contributed by atoms with Crippen molar-refractivity contribution in [3.05, 3.63) is 17.2 Å². The van der Waals surface area contributed by atoms with Crippen molar-refractivity contribution in [3.63, 3.8) is 0 Å². The summed E-state index contributed by atoms with van der Waals surface area (Å²) in [6.45, 7) is 2.16. The Kier molecular flexibility index (Phi) is 3.42. The summed E-state index contributed by atoms with van der Waals surface area (Å²) in [6.07, 6.45) is 11.4. The third-order valence-corrected chi connectivity index (χ3v) is 4.71. The van der Waals surface area contributed by atoms with E-state index in [9.17, 15) is 0 Å². The molecule has 1 fully saturated rings. The zero-order chi connectivity index (χ0) is 12.5. The van der Waals surface area contributed by atoms with Gasteiger partial charge in [0.25, 0.3) is 0 Å². The van der Waals surface area contributed by atoms with Crippen molar-refractivity contribution in [1.82, 2.24) is 9.55 Å². The minimum Gasteiger partial charge on any atom is -0.327 e. The maximum Gasteiger partial charge on any atom is 0.106 e. The standard InChI is InChI=1S/C15H25N3/c1-11-17-13-8-5-6-10-15(13)18(11)14-9-4-2-3-7-12(14)16/h12,14H,2-10,16H2,1H3. The largest absolute Gasteiger partial charge is 0.327 e. The van der Waals surface area contributed by atoms with Crippen molar-refractivity contribution in [1.29, 1.82) is 0 Å². The quantitative estimate of drug-likeness (QED) is 0.775. The number of hydrogen-bond acceptors (Lipinski definition) is 2. The van der Waals surface area contributed by atoms with E-state index in [2.05, 4.69) is 11.5 Å². The van der Waals surface area contributed by atoms with Gasteiger partial charge in [-0.15, -0.1) is 0 Å². The van der Waals surface area contributed by atoms with E-state index in [0.29, 0.717) is 12.1 Å². The van der Waals surface area contributed by atoms with Gasteiger partial charge in [-0.2, -0.15) is 0 Å². The molecular weight excluding hydrogens is 222 g/mol. The number of nitrogens with zero attached hydrogens (tertiary/aromatic N) is 2. The second kappa shape index (κ2) is 5.04. The van der Waals surface area contributed by atoms with Crippen LogP contribution in [0.5, 0.6) is 0 Å². The summed E-state index contributed by atoms with van der Waals surface area (Å²) in [5, 5.41) is 0. The number of aryl methyl sites for hydroxylation is 2. The minimum atomic E-state index is 0.325. The van der Waals surface area contributed by atoms with Gasteiger partial charge in [-0.05, 0) is 45.4 Å². The number of hydrogen-bond donors (Lipinski definition) is 1. The number of rotatable bonds is 1. The highest BCUT2D eigenvalue weighted by molar-refractivity contribution is 5.21. The van der Waals surface area contributed by atoms with Crippen LogP contribution in [0.3, 0.4) is 0 Å². The fourth-order valence-corrected chi connectivity index (χ4v) is 3.78. The topological polar surface area (TPSA) is 43.8 Å². The smallest absolute Gasteiger partial charge is 0.106 e. The Hall–Kier alpha value is -0.830. The predicted octanol–water partition coefficient (Wildman–Crippen LogP) is 2.90. The van der Waals surface area contributed by atoms with E-state index in [0.717, 1.165) is 0 Å². The van der Waals surface area contributed by atoms with E-state index >= 15 is 0 Å². The molecule has 3 nitrogen and oxygen atoms in total. The van der Waals surface area contributed by atoms with Crippen molar-refractivity contribution in [2.45, 2.75) is 76.8 Å². The number of nitrogens with two attached hydrogens (primary N) is 1. The molecule has 2 aliphatic carbocycles. The minimum absolute atomic E-state index is 0.325. The molecule has 2 N–H and O–H groups in total. The van der Waals surface area contributed by atoms with E-state index < -0.39 is 0 Å². The van der Waals surface area contributed by atoms with Crippen LogP contribution in [0.1, 0.15) is 68.2 Å². The first-order valence-corrected chi connectivity index (χ1v) is 7.59. The number of fused-ring (bicyclic) bond motifs is 1. The summed E-state index contributed by atoms with van der Waals surface area (Å²) < 4.78 is 2.50. The first kappa shape index (κ1) is 12.2. The van der Waals surface area contributed by atoms with Crippen LogP contribution in [0.25, 0.3) is 0 Å². The van der Waals surface area contributed by atoms with Gasteiger partial charge in [0.2, 0.25) is 0 Å². The lowest BCUT2D eigenvalue weighted by molar-refractivity contribution is 0.370. The van der Waals surface area contributed by atoms with Gasteiger partial charge in [-0.1, -0.05) is 19.3 Å². The fraction of sp³-hybridized carbons (Fsp3) is 0.800. The summed E-state index contributed by atoms with van der Waals surface area (Å²) in [5.41, 5.74) is 9.28. The van der Waals surface area contributed by atoms with Crippen molar-refractivity contribution < 1.29 is 0 Å². The van der Waals surface area contributed by atoms with Gasteiger partial charge >= 0.3 is 0 Å². The highest BCUT2D eigenvalue weighted by Gasteiger charge is 2.27. The summed E-state index contributed by atoms with van der Waals surface area (Å²) >= 11 is 0. The molecule has 100 valence electrons. The second-order valence-electron chi connectivity index (χ2n) is 6.00. The normalized spacial score (nSPS) is 28.8. The molecule has 0 saturated heterocycles. The molecule has 0 spiro atoms. The van der Waals surface area contributed by atoms with Gasteiger partial charge in [0.15, 0.2) is 0 Å². The summed E-state index contributed by atoms with van der Waals surface area (Å²) in [7, 11) is 0. The second-order valence-corrected chi connectivity index (χ2v) is 6.00. The van der Waals surface area contributed by atoms with Crippen LogP contribution in [-0.4, -0.2) is 15.6 Å². The molecule has 1 heterocycles. The van der Waals surface area contributed by atoms with Gasteiger partial charge in [0.05, 0.1) is 11.7 Å². The molecule has 2 atom stereocenters. The van der Waals surface area contributed by atoms with Gasteiger partial charge in [0, 0.05) is 11.7 Å². The maximum absolute atomic E-state index is 6.42.